The largest absolute Gasteiger partial charge is 0.381 e. The summed E-state index contributed by atoms with van der Waals surface area (Å²) in [6.07, 6.45) is 15.1. The van der Waals surface area contributed by atoms with Crippen LogP contribution < -0.4 is 0 Å². The molecule has 0 N–H and O–H groups in total. The molecule has 2 fully saturated rings. The highest BCUT2D eigenvalue weighted by Gasteiger charge is 2.23. The Kier molecular flexibility index (Phi) is 13.1. The quantitative estimate of drug-likeness (QED) is 0.0941. The van der Waals surface area contributed by atoms with Crippen LogP contribution in [0.5, 0.6) is 0 Å². The summed E-state index contributed by atoms with van der Waals surface area (Å²) in [6, 6.07) is 21.8. The number of ether oxygens (including phenoxy) is 1. The van der Waals surface area contributed by atoms with Crippen molar-refractivity contribution in [3.8, 4) is 22.3 Å². The maximum atomic E-state index is 15.1. The molecule has 272 valence electrons. The van der Waals surface area contributed by atoms with Crippen molar-refractivity contribution in [1.82, 2.24) is 0 Å². The molecule has 4 aromatic carbocycles. The summed E-state index contributed by atoms with van der Waals surface area (Å²) in [7, 11) is 0. The van der Waals surface area contributed by atoms with Crippen LogP contribution in [0.15, 0.2) is 72.8 Å². The lowest BCUT2D eigenvalue weighted by molar-refractivity contribution is 0.138. The highest BCUT2D eigenvalue weighted by molar-refractivity contribution is 5.65. The molecule has 1 nitrogen and oxygen atoms in total. The average Bonchev–Trinajstić information content (AvgIpc) is 3.14. The number of hydrogen-bond donors (Lipinski definition) is 0. The van der Waals surface area contributed by atoms with Gasteiger partial charge < -0.3 is 4.74 Å². The molecule has 4 aromatic rings. The normalized spacial score (nSPS) is 20.8. The summed E-state index contributed by atoms with van der Waals surface area (Å²) >= 11 is 0. The summed E-state index contributed by atoms with van der Waals surface area (Å²) in [5, 5.41) is 0. The third kappa shape index (κ3) is 9.52. The van der Waals surface area contributed by atoms with E-state index in [1.807, 2.05) is 24.3 Å². The topological polar surface area (TPSA) is 9.23 Å². The fraction of sp³-hybridized carbons (Fsp3) is 0.478. The van der Waals surface area contributed by atoms with Gasteiger partial charge in [0, 0.05) is 24.0 Å². The average molecular weight is 699 g/mol. The summed E-state index contributed by atoms with van der Waals surface area (Å²) < 4.78 is 65.9. The highest BCUT2D eigenvalue weighted by Crippen LogP contribution is 2.39. The molecular formula is C46H54F4O. The smallest absolute Gasteiger partial charge is 0.130 e. The third-order valence-electron chi connectivity index (χ3n) is 11.8. The predicted molar refractivity (Wildman–Crippen MR) is 201 cm³/mol. The van der Waals surface area contributed by atoms with Gasteiger partial charge in [0.1, 0.15) is 23.3 Å². The van der Waals surface area contributed by atoms with E-state index >= 15 is 17.6 Å². The van der Waals surface area contributed by atoms with Crippen molar-refractivity contribution in [2.75, 3.05) is 13.2 Å². The molecule has 0 unspecified atom stereocenters. The lowest BCUT2D eigenvalue weighted by Gasteiger charge is -2.28. The van der Waals surface area contributed by atoms with Crippen molar-refractivity contribution in [2.45, 2.75) is 116 Å². The second-order valence-electron chi connectivity index (χ2n) is 15.2. The van der Waals surface area contributed by atoms with E-state index in [4.69, 9.17) is 4.74 Å². The van der Waals surface area contributed by atoms with Gasteiger partial charge in [-0.2, -0.15) is 0 Å². The Morgan fingerprint density at radius 2 is 0.804 bits per heavy atom. The Bertz CT molecular complexity index is 1520. The maximum absolute atomic E-state index is 15.1. The van der Waals surface area contributed by atoms with Gasteiger partial charge in [0.25, 0.3) is 0 Å². The Morgan fingerprint density at radius 3 is 1.12 bits per heavy atom. The van der Waals surface area contributed by atoms with Crippen molar-refractivity contribution < 1.29 is 22.3 Å². The van der Waals surface area contributed by atoms with E-state index in [1.54, 1.807) is 0 Å². The van der Waals surface area contributed by atoms with Crippen LogP contribution >= 0.6 is 0 Å². The molecule has 0 heterocycles. The van der Waals surface area contributed by atoms with Gasteiger partial charge in [-0.1, -0.05) is 88.1 Å². The first-order valence-corrected chi connectivity index (χ1v) is 19.6. The van der Waals surface area contributed by atoms with Crippen LogP contribution in [0, 0.1) is 35.1 Å². The van der Waals surface area contributed by atoms with Crippen LogP contribution in [0.25, 0.3) is 22.3 Å². The first-order valence-electron chi connectivity index (χ1n) is 19.6. The molecule has 0 atom stereocenters. The van der Waals surface area contributed by atoms with E-state index < -0.39 is 23.3 Å². The standard InChI is InChI=1S/C46H54F4O/c1-3-5-31-7-11-33(12-8-31)35-15-19-37(20-16-35)39-27-43(47)41(44(48)28-39)23-25-51-26-24-42-45(49)29-40(30-46(42)50)38-21-17-36(18-22-38)34-13-9-32(6-4-2)10-14-34/h15-22,27-34H,3-14,23-26H2,1-2H3. The predicted octanol–water partition coefficient (Wildman–Crippen LogP) is 13.5. The van der Waals surface area contributed by atoms with Gasteiger partial charge in [0.15, 0.2) is 0 Å². The Labute approximate surface area is 302 Å². The molecule has 5 heteroatoms. The fourth-order valence-electron chi connectivity index (χ4n) is 8.75. The molecule has 0 saturated heterocycles. The van der Waals surface area contributed by atoms with E-state index in [1.165, 1.54) is 112 Å². The van der Waals surface area contributed by atoms with E-state index in [0.717, 1.165) is 23.0 Å². The van der Waals surface area contributed by atoms with Crippen LogP contribution in [-0.4, -0.2) is 13.2 Å². The second-order valence-corrected chi connectivity index (χ2v) is 15.2. The molecule has 0 amide bonds. The van der Waals surface area contributed by atoms with Crippen molar-refractivity contribution in [3.63, 3.8) is 0 Å². The minimum Gasteiger partial charge on any atom is -0.381 e. The Hall–Kier alpha value is -3.44. The summed E-state index contributed by atoms with van der Waals surface area (Å²) in [4.78, 5) is 0. The molecule has 0 aliphatic heterocycles. The van der Waals surface area contributed by atoms with Crippen LogP contribution in [0.2, 0.25) is 0 Å². The van der Waals surface area contributed by atoms with Crippen LogP contribution in [0.4, 0.5) is 17.6 Å². The summed E-state index contributed by atoms with van der Waals surface area (Å²) in [5.41, 5.74) is 5.09. The molecule has 2 aliphatic carbocycles. The third-order valence-corrected chi connectivity index (χ3v) is 11.8. The fourth-order valence-corrected chi connectivity index (χ4v) is 8.75. The molecule has 0 spiro atoms. The van der Waals surface area contributed by atoms with Crippen molar-refractivity contribution in [1.29, 1.82) is 0 Å². The van der Waals surface area contributed by atoms with E-state index in [9.17, 15) is 0 Å². The van der Waals surface area contributed by atoms with Gasteiger partial charge in [0.2, 0.25) is 0 Å². The molecule has 0 radical (unpaired) electrons. The van der Waals surface area contributed by atoms with Gasteiger partial charge in [-0.05, 0) is 133 Å². The molecule has 2 saturated carbocycles. The number of rotatable bonds is 14. The monoisotopic (exact) mass is 698 g/mol. The van der Waals surface area contributed by atoms with Gasteiger partial charge in [-0.3, -0.25) is 0 Å². The summed E-state index contributed by atoms with van der Waals surface area (Å²) in [5.74, 6) is 0.341. The maximum Gasteiger partial charge on any atom is 0.130 e. The molecular weight excluding hydrogens is 644 g/mol. The van der Waals surface area contributed by atoms with Gasteiger partial charge in [-0.15, -0.1) is 0 Å². The van der Waals surface area contributed by atoms with E-state index in [0.29, 0.717) is 23.0 Å². The molecule has 2 aliphatic rings. The number of benzene rings is 4. The molecule has 0 aromatic heterocycles. The van der Waals surface area contributed by atoms with Gasteiger partial charge in [-0.25, -0.2) is 17.6 Å². The molecule has 6 rings (SSSR count). The Balaban J connectivity index is 0.977. The highest BCUT2D eigenvalue weighted by atomic mass is 19.1. The molecule has 0 bridgehead atoms. The zero-order valence-corrected chi connectivity index (χ0v) is 30.5. The molecule has 51 heavy (non-hydrogen) atoms. The van der Waals surface area contributed by atoms with Crippen molar-refractivity contribution in [3.05, 3.63) is 118 Å². The van der Waals surface area contributed by atoms with Crippen LogP contribution in [-0.2, 0) is 17.6 Å². The van der Waals surface area contributed by atoms with Crippen LogP contribution in [0.1, 0.15) is 125 Å². The van der Waals surface area contributed by atoms with Crippen molar-refractivity contribution >= 4 is 0 Å². The lowest BCUT2D eigenvalue weighted by Crippen LogP contribution is -2.13. The van der Waals surface area contributed by atoms with E-state index in [2.05, 4.69) is 38.1 Å². The Morgan fingerprint density at radius 1 is 0.471 bits per heavy atom. The minimum atomic E-state index is -0.619. The van der Waals surface area contributed by atoms with Crippen molar-refractivity contribution in [2.24, 2.45) is 11.8 Å². The second kappa shape index (κ2) is 17.9. The first-order chi connectivity index (χ1) is 24.8. The zero-order chi connectivity index (χ0) is 35.7. The first kappa shape index (κ1) is 37.3. The minimum absolute atomic E-state index is 0.0255. The number of hydrogen-bond acceptors (Lipinski definition) is 1. The summed E-state index contributed by atoms with van der Waals surface area (Å²) in [6.45, 7) is 4.58. The lowest BCUT2D eigenvalue weighted by atomic mass is 9.77. The van der Waals surface area contributed by atoms with Gasteiger partial charge in [0.05, 0.1) is 13.2 Å². The zero-order valence-electron chi connectivity index (χ0n) is 30.5. The van der Waals surface area contributed by atoms with Gasteiger partial charge >= 0.3 is 0 Å². The SMILES string of the molecule is CCCC1CCC(c2ccc(-c3cc(F)c(CCOCCc4c(F)cc(-c5ccc(C6CCC(CCC)CC6)cc5)cc4F)c(F)c3)cc2)CC1. The van der Waals surface area contributed by atoms with E-state index in [-0.39, 0.29) is 37.2 Å². The number of halogens is 4. The van der Waals surface area contributed by atoms with Crippen LogP contribution in [0.3, 0.4) is 0 Å².